The van der Waals surface area contributed by atoms with Gasteiger partial charge >= 0.3 is 0 Å². The Balaban J connectivity index is 1.67. The molecule has 0 radical (unpaired) electrons. The lowest BCUT2D eigenvalue weighted by molar-refractivity contribution is -0.123. The molecule has 2 aromatic carbocycles. The van der Waals surface area contributed by atoms with Gasteiger partial charge in [-0.3, -0.25) is 4.79 Å². The molecule has 122 valence electrons. The number of aromatic nitrogens is 4. The Morgan fingerprint density at radius 3 is 2.54 bits per heavy atom. The first kappa shape index (κ1) is 15.7. The van der Waals surface area contributed by atoms with Gasteiger partial charge in [0.15, 0.2) is 6.04 Å². The molecule has 2 N–H and O–H groups in total. The summed E-state index contributed by atoms with van der Waals surface area (Å²) in [6.45, 7) is 0.481. The minimum Gasteiger partial charge on any atom is -0.508 e. The number of phenols is 1. The Bertz CT molecular complexity index is 773. The zero-order valence-corrected chi connectivity index (χ0v) is 12.9. The number of phenolic OH excluding ortho intramolecular Hbond substituents is 1. The highest BCUT2D eigenvalue weighted by molar-refractivity contribution is 5.83. The third-order valence-corrected chi connectivity index (χ3v) is 3.64. The number of amides is 1. The normalized spacial score (nSPS) is 11.8. The second-order valence-corrected chi connectivity index (χ2v) is 5.31. The van der Waals surface area contributed by atoms with Gasteiger partial charge in [0.1, 0.15) is 12.1 Å². The quantitative estimate of drug-likeness (QED) is 0.714. The van der Waals surface area contributed by atoms with Gasteiger partial charge in [-0.1, -0.05) is 42.5 Å². The molecule has 0 aliphatic rings. The predicted octanol–water partition coefficient (Wildman–Crippen LogP) is 1.33. The molecule has 0 saturated carbocycles. The van der Waals surface area contributed by atoms with Gasteiger partial charge in [0.2, 0.25) is 5.91 Å². The van der Waals surface area contributed by atoms with E-state index in [1.54, 1.807) is 12.1 Å². The molecule has 3 aromatic rings. The smallest absolute Gasteiger partial charge is 0.249 e. The topological polar surface area (TPSA) is 92.9 Å². The Labute approximate surface area is 138 Å². The summed E-state index contributed by atoms with van der Waals surface area (Å²) in [5.41, 5.74) is 1.85. The van der Waals surface area contributed by atoms with E-state index in [9.17, 15) is 9.90 Å². The number of carbonyl (C=O) groups excluding carboxylic acids is 1. The van der Waals surface area contributed by atoms with Crippen LogP contribution in [0.15, 0.2) is 60.9 Å². The van der Waals surface area contributed by atoms with Crippen molar-refractivity contribution in [2.24, 2.45) is 0 Å². The Kier molecular flexibility index (Phi) is 4.81. The maximum absolute atomic E-state index is 12.6. The van der Waals surface area contributed by atoms with Crippen molar-refractivity contribution in [1.29, 1.82) is 0 Å². The minimum atomic E-state index is -0.610. The standard InChI is InChI=1S/C17H17N5O2/c23-15-8-6-13(7-9-15)10-11-18-17(24)16(22-12-19-20-21-22)14-4-2-1-3-5-14/h1-9,12,16,23H,10-11H2,(H,18,24). The number of aromatic hydroxyl groups is 1. The van der Waals surface area contributed by atoms with Gasteiger partial charge in [0.05, 0.1) is 0 Å². The maximum atomic E-state index is 12.6. The average molecular weight is 323 g/mol. The Morgan fingerprint density at radius 1 is 1.12 bits per heavy atom. The highest BCUT2D eigenvalue weighted by Gasteiger charge is 2.23. The zero-order valence-electron chi connectivity index (χ0n) is 12.9. The van der Waals surface area contributed by atoms with Crippen LogP contribution in [-0.4, -0.2) is 37.8 Å². The van der Waals surface area contributed by atoms with Gasteiger partial charge in [-0.25, -0.2) is 4.68 Å². The number of nitrogens with one attached hydrogen (secondary N) is 1. The molecule has 3 rings (SSSR count). The van der Waals surface area contributed by atoms with Crippen molar-refractivity contribution in [1.82, 2.24) is 25.5 Å². The number of hydrogen-bond acceptors (Lipinski definition) is 5. The van der Waals surface area contributed by atoms with E-state index in [0.29, 0.717) is 13.0 Å². The molecule has 0 aliphatic heterocycles. The number of tetrazole rings is 1. The molecule has 0 bridgehead atoms. The second-order valence-electron chi connectivity index (χ2n) is 5.31. The summed E-state index contributed by atoms with van der Waals surface area (Å²) in [5, 5.41) is 23.3. The van der Waals surface area contributed by atoms with E-state index in [0.717, 1.165) is 11.1 Å². The van der Waals surface area contributed by atoms with Crippen molar-refractivity contribution >= 4 is 5.91 Å². The van der Waals surface area contributed by atoms with Crippen LogP contribution in [0.2, 0.25) is 0 Å². The van der Waals surface area contributed by atoms with E-state index < -0.39 is 6.04 Å². The van der Waals surface area contributed by atoms with E-state index in [1.165, 1.54) is 11.0 Å². The van der Waals surface area contributed by atoms with Gasteiger partial charge in [0, 0.05) is 6.54 Å². The lowest BCUT2D eigenvalue weighted by Crippen LogP contribution is -2.34. The lowest BCUT2D eigenvalue weighted by Gasteiger charge is -2.16. The molecule has 0 fully saturated rings. The molecule has 1 aromatic heterocycles. The van der Waals surface area contributed by atoms with Crippen molar-refractivity contribution in [3.05, 3.63) is 72.1 Å². The fraction of sp³-hybridized carbons (Fsp3) is 0.176. The van der Waals surface area contributed by atoms with Gasteiger partial charge in [-0.05, 0) is 40.1 Å². The molecule has 0 saturated heterocycles. The molecule has 7 heteroatoms. The van der Waals surface area contributed by atoms with E-state index in [4.69, 9.17) is 0 Å². The van der Waals surface area contributed by atoms with Crippen LogP contribution in [0.4, 0.5) is 0 Å². The molecule has 1 heterocycles. The van der Waals surface area contributed by atoms with Crippen LogP contribution in [0.1, 0.15) is 17.2 Å². The maximum Gasteiger partial charge on any atom is 0.249 e. The second kappa shape index (κ2) is 7.36. The Hall–Kier alpha value is -3.22. The summed E-state index contributed by atoms with van der Waals surface area (Å²) in [4.78, 5) is 12.6. The van der Waals surface area contributed by atoms with Gasteiger partial charge in [0.25, 0.3) is 0 Å². The highest BCUT2D eigenvalue weighted by Crippen LogP contribution is 2.17. The van der Waals surface area contributed by atoms with E-state index >= 15 is 0 Å². The fourth-order valence-corrected chi connectivity index (χ4v) is 2.44. The van der Waals surface area contributed by atoms with E-state index in [1.807, 2.05) is 42.5 Å². The monoisotopic (exact) mass is 323 g/mol. The predicted molar refractivity (Wildman–Crippen MR) is 87.2 cm³/mol. The summed E-state index contributed by atoms with van der Waals surface area (Å²) in [6, 6.07) is 15.7. The molecule has 0 spiro atoms. The fourth-order valence-electron chi connectivity index (χ4n) is 2.44. The number of benzene rings is 2. The van der Waals surface area contributed by atoms with Crippen molar-refractivity contribution in [2.45, 2.75) is 12.5 Å². The third-order valence-electron chi connectivity index (χ3n) is 3.64. The van der Waals surface area contributed by atoms with Crippen LogP contribution in [0.3, 0.4) is 0 Å². The largest absolute Gasteiger partial charge is 0.508 e. The van der Waals surface area contributed by atoms with Crippen molar-refractivity contribution < 1.29 is 9.90 Å². The SMILES string of the molecule is O=C(NCCc1ccc(O)cc1)C(c1ccccc1)n1cnnn1. The van der Waals surface area contributed by atoms with Crippen LogP contribution >= 0.6 is 0 Å². The molecule has 24 heavy (non-hydrogen) atoms. The molecule has 1 atom stereocenters. The first-order valence-electron chi connectivity index (χ1n) is 7.57. The van der Waals surface area contributed by atoms with Crippen molar-refractivity contribution in [2.75, 3.05) is 6.54 Å². The lowest BCUT2D eigenvalue weighted by atomic mass is 10.1. The van der Waals surface area contributed by atoms with Crippen LogP contribution in [-0.2, 0) is 11.2 Å². The zero-order chi connectivity index (χ0) is 16.8. The average Bonchev–Trinajstić information content (AvgIpc) is 3.12. The Morgan fingerprint density at radius 2 is 1.88 bits per heavy atom. The first-order chi connectivity index (χ1) is 11.7. The van der Waals surface area contributed by atoms with Crippen molar-refractivity contribution in [3.8, 4) is 5.75 Å². The number of hydrogen-bond donors (Lipinski definition) is 2. The number of rotatable bonds is 6. The molecular formula is C17H17N5O2. The molecule has 1 unspecified atom stereocenters. The highest BCUT2D eigenvalue weighted by atomic mass is 16.3. The van der Waals surface area contributed by atoms with Gasteiger partial charge < -0.3 is 10.4 Å². The molecular weight excluding hydrogens is 306 g/mol. The van der Waals surface area contributed by atoms with E-state index in [2.05, 4.69) is 20.8 Å². The van der Waals surface area contributed by atoms with Crippen LogP contribution < -0.4 is 5.32 Å². The van der Waals surface area contributed by atoms with Crippen LogP contribution in [0.25, 0.3) is 0 Å². The minimum absolute atomic E-state index is 0.174. The molecule has 7 nitrogen and oxygen atoms in total. The summed E-state index contributed by atoms with van der Waals surface area (Å²) < 4.78 is 1.44. The molecule has 0 aliphatic carbocycles. The first-order valence-corrected chi connectivity index (χ1v) is 7.57. The van der Waals surface area contributed by atoms with Crippen LogP contribution in [0.5, 0.6) is 5.75 Å². The summed E-state index contributed by atoms with van der Waals surface area (Å²) in [5.74, 6) is 0.0536. The number of nitrogens with zero attached hydrogens (tertiary/aromatic N) is 4. The van der Waals surface area contributed by atoms with Crippen LogP contribution in [0, 0.1) is 0 Å². The van der Waals surface area contributed by atoms with Gasteiger partial charge in [-0.2, -0.15) is 0 Å². The molecule has 1 amide bonds. The summed E-state index contributed by atoms with van der Waals surface area (Å²) >= 11 is 0. The summed E-state index contributed by atoms with van der Waals surface area (Å²) in [7, 11) is 0. The third kappa shape index (κ3) is 3.75. The van der Waals surface area contributed by atoms with Crippen molar-refractivity contribution in [3.63, 3.8) is 0 Å². The van der Waals surface area contributed by atoms with Gasteiger partial charge in [-0.15, -0.1) is 5.10 Å². The number of carbonyl (C=O) groups is 1. The van der Waals surface area contributed by atoms with E-state index in [-0.39, 0.29) is 11.7 Å². The summed E-state index contributed by atoms with van der Waals surface area (Å²) in [6.07, 6.45) is 2.10.